The Kier molecular flexibility index (Phi) is 4.52. The summed E-state index contributed by atoms with van der Waals surface area (Å²) < 4.78 is 39.4. The van der Waals surface area contributed by atoms with E-state index in [1.54, 1.807) is 6.07 Å². The average Bonchev–Trinajstić information content (AvgIpc) is 3.17. The van der Waals surface area contributed by atoms with Gasteiger partial charge >= 0.3 is 0 Å². The minimum Gasteiger partial charge on any atom is -0.371 e. The van der Waals surface area contributed by atoms with Gasteiger partial charge in [-0.05, 0) is 73.8 Å². The first-order chi connectivity index (χ1) is 14.0. The topological polar surface area (TPSA) is 62.3 Å². The monoisotopic (exact) mass is 411 g/mol. The van der Waals surface area contributed by atoms with Crippen molar-refractivity contribution < 1.29 is 12.8 Å². The number of anilines is 1. The quantitative estimate of drug-likeness (QED) is 0.717. The molecule has 2 fully saturated rings. The number of nitrogens with zero attached hydrogens (tertiary/aromatic N) is 2. The van der Waals surface area contributed by atoms with Gasteiger partial charge in [0, 0.05) is 30.4 Å². The van der Waals surface area contributed by atoms with Crippen molar-refractivity contribution in [2.75, 3.05) is 31.1 Å². The molecule has 2 saturated heterocycles. The van der Waals surface area contributed by atoms with Gasteiger partial charge in [-0.2, -0.15) is 0 Å². The first-order valence-electron chi connectivity index (χ1n) is 9.87. The Morgan fingerprint density at radius 2 is 1.90 bits per heavy atom. The summed E-state index contributed by atoms with van der Waals surface area (Å²) in [6, 6.07) is 12.7. The highest BCUT2D eigenvalue weighted by Crippen LogP contribution is 2.33. The van der Waals surface area contributed by atoms with Crippen molar-refractivity contribution in [2.24, 2.45) is 11.8 Å². The lowest BCUT2D eigenvalue weighted by atomic mass is 9.90. The van der Waals surface area contributed by atoms with E-state index in [0.29, 0.717) is 11.8 Å². The van der Waals surface area contributed by atoms with E-state index in [0.717, 1.165) is 48.8 Å². The summed E-state index contributed by atoms with van der Waals surface area (Å²) in [5, 5.41) is 4.24. The zero-order valence-corrected chi connectivity index (χ0v) is 16.7. The van der Waals surface area contributed by atoms with Crippen molar-refractivity contribution >= 4 is 26.4 Å². The Labute approximate surface area is 169 Å². The molecule has 2 unspecified atom stereocenters. The SMILES string of the molecule is O=S(=O)(c1cccc(F)c1)c1cnc2ccc(N3CC4CCNCC4C3)cc2c1. The molecular weight excluding hydrogens is 389 g/mol. The Hall–Kier alpha value is -2.51. The fourth-order valence-electron chi connectivity index (χ4n) is 4.50. The van der Waals surface area contributed by atoms with Crippen LogP contribution < -0.4 is 10.2 Å². The van der Waals surface area contributed by atoms with E-state index >= 15 is 0 Å². The zero-order valence-electron chi connectivity index (χ0n) is 15.9. The van der Waals surface area contributed by atoms with Crippen molar-refractivity contribution in [3.8, 4) is 0 Å². The van der Waals surface area contributed by atoms with Crippen LogP contribution in [0.1, 0.15) is 6.42 Å². The fourth-order valence-corrected chi connectivity index (χ4v) is 5.77. The van der Waals surface area contributed by atoms with Crippen LogP contribution in [0, 0.1) is 17.7 Å². The van der Waals surface area contributed by atoms with Crippen LogP contribution in [0.4, 0.5) is 10.1 Å². The van der Waals surface area contributed by atoms with Gasteiger partial charge in [-0.3, -0.25) is 4.98 Å². The number of piperidine rings is 1. The van der Waals surface area contributed by atoms with Crippen LogP contribution in [0.5, 0.6) is 0 Å². The van der Waals surface area contributed by atoms with Crippen LogP contribution in [0.2, 0.25) is 0 Å². The van der Waals surface area contributed by atoms with Crippen LogP contribution in [0.25, 0.3) is 10.9 Å². The van der Waals surface area contributed by atoms with Crippen molar-refractivity contribution in [1.82, 2.24) is 10.3 Å². The van der Waals surface area contributed by atoms with Crippen LogP contribution in [0.15, 0.2) is 64.5 Å². The Morgan fingerprint density at radius 3 is 2.72 bits per heavy atom. The number of hydrogen-bond acceptors (Lipinski definition) is 5. The second-order valence-corrected chi connectivity index (χ2v) is 9.88. The highest BCUT2D eigenvalue weighted by molar-refractivity contribution is 7.91. The van der Waals surface area contributed by atoms with Gasteiger partial charge in [0.25, 0.3) is 0 Å². The van der Waals surface area contributed by atoms with Gasteiger partial charge in [0.1, 0.15) is 5.82 Å². The maximum atomic E-state index is 13.5. The van der Waals surface area contributed by atoms with Crippen molar-refractivity contribution in [1.29, 1.82) is 0 Å². The summed E-state index contributed by atoms with van der Waals surface area (Å²) >= 11 is 0. The van der Waals surface area contributed by atoms with Crippen molar-refractivity contribution in [3.05, 3.63) is 60.5 Å². The molecule has 3 heterocycles. The minimum absolute atomic E-state index is 0.0640. The Bertz CT molecular complexity index is 1170. The van der Waals surface area contributed by atoms with Gasteiger partial charge in [0.05, 0.1) is 15.3 Å². The van der Waals surface area contributed by atoms with Gasteiger partial charge in [-0.1, -0.05) is 6.07 Å². The second-order valence-electron chi connectivity index (χ2n) is 7.93. The number of nitrogens with one attached hydrogen (secondary N) is 1. The van der Waals surface area contributed by atoms with E-state index < -0.39 is 15.7 Å². The number of fused-ring (bicyclic) bond motifs is 2. The molecule has 3 aromatic rings. The third kappa shape index (κ3) is 3.38. The molecule has 0 bridgehead atoms. The van der Waals surface area contributed by atoms with Crippen LogP contribution >= 0.6 is 0 Å². The highest BCUT2D eigenvalue weighted by Gasteiger charge is 2.34. The molecule has 2 aliphatic rings. The summed E-state index contributed by atoms with van der Waals surface area (Å²) in [5.41, 5.74) is 1.83. The molecule has 1 N–H and O–H groups in total. The van der Waals surface area contributed by atoms with E-state index in [1.807, 2.05) is 12.1 Å². The molecule has 2 atom stereocenters. The van der Waals surface area contributed by atoms with E-state index in [4.69, 9.17) is 0 Å². The van der Waals surface area contributed by atoms with E-state index in [9.17, 15) is 12.8 Å². The number of sulfone groups is 1. The molecule has 5 nitrogen and oxygen atoms in total. The fraction of sp³-hybridized carbons (Fsp3) is 0.318. The lowest BCUT2D eigenvalue weighted by Gasteiger charge is -2.23. The molecule has 0 aliphatic carbocycles. The second kappa shape index (κ2) is 7.07. The summed E-state index contributed by atoms with van der Waals surface area (Å²) in [4.78, 5) is 6.73. The van der Waals surface area contributed by atoms with Gasteiger partial charge < -0.3 is 10.2 Å². The number of benzene rings is 2. The molecular formula is C22H22FN3O2S. The Balaban J connectivity index is 1.50. The lowest BCUT2D eigenvalue weighted by Crippen LogP contribution is -2.35. The van der Waals surface area contributed by atoms with Gasteiger partial charge in [0.2, 0.25) is 9.84 Å². The molecule has 2 aromatic carbocycles. The van der Waals surface area contributed by atoms with E-state index in [-0.39, 0.29) is 9.79 Å². The molecule has 2 aliphatic heterocycles. The molecule has 0 spiro atoms. The first kappa shape index (κ1) is 18.5. The predicted molar refractivity (Wildman–Crippen MR) is 110 cm³/mol. The standard InChI is InChI=1S/C22H22FN3O2S/c23-18-2-1-3-20(10-18)29(27,28)21-9-16-8-19(4-5-22(16)25-12-21)26-13-15-6-7-24-11-17(15)14-26/h1-5,8-10,12,15,17,24H,6-7,11,13-14H2. The molecule has 0 saturated carbocycles. The molecule has 7 heteroatoms. The molecule has 1 aromatic heterocycles. The van der Waals surface area contributed by atoms with E-state index in [1.165, 1.54) is 30.8 Å². The maximum absolute atomic E-state index is 13.5. The maximum Gasteiger partial charge on any atom is 0.208 e. The highest BCUT2D eigenvalue weighted by atomic mass is 32.2. The van der Waals surface area contributed by atoms with Crippen molar-refractivity contribution in [3.63, 3.8) is 0 Å². The molecule has 0 amide bonds. The Morgan fingerprint density at radius 1 is 1.03 bits per heavy atom. The number of aromatic nitrogens is 1. The predicted octanol–water partition coefficient (Wildman–Crippen LogP) is 3.25. The summed E-state index contributed by atoms with van der Waals surface area (Å²) in [5.74, 6) is 0.800. The number of hydrogen-bond donors (Lipinski definition) is 1. The molecule has 150 valence electrons. The van der Waals surface area contributed by atoms with Crippen LogP contribution in [0.3, 0.4) is 0 Å². The number of halogens is 1. The van der Waals surface area contributed by atoms with Gasteiger partial charge in [-0.25, -0.2) is 12.8 Å². The van der Waals surface area contributed by atoms with E-state index in [2.05, 4.69) is 21.3 Å². The molecule has 0 radical (unpaired) electrons. The third-order valence-electron chi connectivity index (χ3n) is 6.10. The zero-order chi connectivity index (χ0) is 20.0. The molecule has 5 rings (SSSR count). The number of rotatable bonds is 3. The minimum atomic E-state index is -3.83. The van der Waals surface area contributed by atoms with Gasteiger partial charge in [-0.15, -0.1) is 0 Å². The largest absolute Gasteiger partial charge is 0.371 e. The third-order valence-corrected chi connectivity index (χ3v) is 7.81. The first-order valence-corrected chi connectivity index (χ1v) is 11.4. The van der Waals surface area contributed by atoms with Crippen molar-refractivity contribution in [2.45, 2.75) is 16.2 Å². The lowest BCUT2D eigenvalue weighted by molar-refractivity contribution is 0.318. The summed E-state index contributed by atoms with van der Waals surface area (Å²) in [6.45, 7) is 4.19. The number of pyridine rings is 1. The summed E-state index contributed by atoms with van der Waals surface area (Å²) in [7, 11) is -3.83. The average molecular weight is 412 g/mol. The normalized spacial score (nSPS) is 22.0. The molecule has 29 heavy (non-hydrogen) atoms. The van der Waals surface area contributed by atoms with Crippen LogP contribution in [-0.2, 0) is 9.84 Å². The van der Waals surface area contributed by atoms with Gasteiger partial charge in [0.15, 0.2) is 0 Å². The van der Waals surface area contributed by atoms with Crippen LogP contribution in [-0.4, -0.2) is 39.6 Å². The smallest absolute Gasteiger partial charge is 0.208 e. The summed E-state index contributed by atoms with van der Waals surface area (Å²) in [6.07, 6.45) is 2.55.